The molecule has 2 radical (unpaired) electrons. The molecule has 1 aromatic carbocycles. The third-order valence-electron chi connectivity index (χ3n) is 6.92. The monoisotopic (exact) mass is 440 g/mol. The van der Waals surface area contributed by atoms with Crippen molar-refractivity contribution < 1.29 is 10.4 Å². The van der Waals surface area contributed by atoms with Crippen LogP contribution in [0.2, 0.25) is 0 Å². The minimum atomic E-state index is -0.417. The first-order valence-corrected chi connectivity index (χ1v) is 11.7. The molecule has 2 saturated heterocycles. The first-order valence-electron chi connectivity index (χ1n) is 11.7. The highest BCUT2D eigenvalue weighted by Gasteiger charge is 2.47. The van der Waals surface area contributed by atoms with Gasteiger partial charge in [0, 0.05) is 34.6 Å². The molecule has 3 rings (SSSR count). The molecule has 0 aromatic heterocycles. The Morgan fingerprint density at radius 3 is 1.31 bits per heavy atom. The summed E-state index contributed by atoms with van der Waals surface area (Å²) in [6.45, 7) is 16.0. The third-order valence-corrected chi connectivity index (χ3v) is 6.92. The van der Waals surface area contributed by atoms with Gasteiger partial charge in [-0.2, -0.15) is 0 Å². The molecule has 0 unspecified atom stereocenters. The van der Waals surface area contributed by atoms with E-state index in [2.05, 4.69) is 6.07 Å². The molecule has 0 saturated carbocycles. The molecule has 2 heterocycles. The molecule has 0 atom stereocenters. The van der Waals surface area contributed by atoms with Crippen molar-refractivity contribution in [3.05, 3.63) is 35.4 Å². The van der Waals surface area contributed by atoms with Gasteiger partial charge in [-0.3, -0.25) is 9.98 Å². The van der Waals surface area contributed by atoms with E-state index in [1.54, 1.807) is 0 Å². The van der Waals surface area contributed by atoms with Crippen LogP contribution in [-0.2, 0) is 10.4 Å². The number of rotatable bonds is 4. The van der Waals surface area contributed by atoms with Crippen molar-refractivity contribution in [1.82, 2.24) is 10.1 Å². The Labute approximate surface area is 194 Å². The lowest BCUT2D eigenvalue weighted by Gasteiger charge is -2.48. The fraction of sp³-hybridized carbons (Fsp3) is 0.692. The maximum atomic E-state index is 12.6. The van der Waals surface area contributed by atoms with Crippen molar-refractivity contribution in [2.75, 3.05) is 0 Å². The Morgan fingerprint density at radius 1 is 0.688 bits per heavy atom. The van der Waals surface area contributed by atoms with Crippen LogP contribution in [0.3, 0.4) is 0 Å². The van der Waals surface area contributed by atoms with Gasteiger partial charge < -0.3 is 0 Å². The smallest absolute Gasteiger partial charge is 0.0536 e. The Kier molecular flexibility index (Phi) is 6.76. The first kappa shape index (κ1) is 25.0. The molecule has 2 aliphatic rings. The Hall–Kier alpha value is -1.60. The second-order valence-corrected chi connectivity index (χ2v) is 12.2. The van der Waals surface area contributed by atoms with Crippen LogP contribution in [0.15, 0.2) is 34.3 Å². The number of benzene rings is 1. The number of piperidine rings is 2. The second kappa shape index (κ2) is 8.64. The van der Waals surface area contributed by atoms with Crippen LogP contribution in [0.5, 0.6) is 0 Å². The van der Waals surface area contributed by atoms with E-state index in [1.165, 1.54) is 10.1 Å². The second-order valence-electron chi connectivity index (χ2n) is 12.2. The molecular formula is C26H40N4O2. The predicted octanol–water partition coefficient (Wildman–Crippen LogP) is 5.26. The van der Waals surface area contributed by atoms with E-state index < -0.39 is 22.2 Å². The molecule has 2 fully saturated rings. The quantitative estimate of drug-likeness (QED) is 0.599. The molecule has 0 aliphatic carbocycles. The first-order chi connectivity index (χ1) is 14.6. The highest BCUT2D eigenvalue weighted by molar-refractivity contribution is 5.86. The number of hydrogen-bond donors (Lipinski definition) is 0. The van der Waals surface area contributed by atoms with Crippen molar-refractivity contribution in [3.8, 4) is 0 Å². The molecule has 6 nitrogen and oxygen atoms in total. The largest absolute Gasteiger partial charge is 0.289 e. The van der Waals surface area contributed by atoms with Gasteiger partial charge in [0.1, 0.15) is 0 Å². The summed E-state index contributed by atoms with van der Waals surface area (Å²) in [6.07, 6.45) is 6.86. The topological polar surface area (TPSA) is 71.0 Å². The Morgan fingerprint density at radius 2 is 1.00 bits per heavy atom. The number of hydroxylamine groups is 4. The van der Waals surface area contributed by atoms with Crippen molar-refractivity contribution in [3.63, 3.8) is 0 Å². The standard InChI is InChI=1S/C26H40N4O2/c1-23(2)13-21(14-24(3,4)29(23)31)27-17-19-10-9-11-20(12-19)18-28-22-15-25(5,6)30(32)26(7,8)16-22/h9-12,17-18,21-22H,13-16H2,1-8H3. The lowest BCUT2D eigenvalue weighted by molar-refractivity contribution is -0.288. The molecule has 0 amide bonds. The van der Waals surface area contributed by atoms with Crippen molar-refractivity contribution in [2.45, 2.75) is 115 Å². The van der Waals surface area contributed by atoms with Crippen molar-refractivity contribution in [1.29, 1.82) is 0 Å². The summed E-state index contributed by atoms with van der Waals surface area (Å²) < 4.78 is 0. The van der Waals surface area contributed by atoms with Crippen LogP contribution in [0.4, 0.5) is 0 Å². The summed E-state index contributed by atoms with van der Waals surface area (Å²) >= 11 is 0. The zero-order valence-corrected chi connectivity index (χ0v) is 21.1. The fourth-order valence-electron chi connectivity index (χ4n) is 5.73. The molecule has 0 N–H and O–H groups in total. The van der Waals surface area contributed by atoms with E-state index in [-0.39, 0.29) is 12.1 Å². The Bertz CT molecular complexity index is 769. The lowest BCUT2D eigenvalue weighted by atomic mass is 9.79. The normalized spacial score (nSPS) is 26.8. The van der Waals surface area contributed by atoms with Crippen LogP contribution in [0, 0.1) is 0 Å². The minimum absolute atomic E-state index is 0.129. The van der Waals surface area contributed by atoms with E-state index in [9.17, 15) is 10.4 Å². The SMILES string of the molecule is CC1(C)CC(N=Cc2cccc(C=NC3CC(C)(C)N([O])C(C)(C)C3)c2)CC(C)(C)N1[O]. The van der Waals surface area contributed by atoms with Crippen LogP contribution in [0.25, 0.3) is 0 Å². The van der Waals surface area contributed by atoms with E-state index in [4.69, 9.17) is 9.98 Å². The zero-order valence-electron chi connectivity index (χ0n) is 21.1. The van der Waals surface area contributed by atoms with Crippen LogP contribution < -0.4 is 0 Å². The maximum Gasteiger partial charge on any atom is 0.0536 e. The molecule has 6 heteroatoms. The van der Waals surface area contributed by atoms with Gasteiger partial charge in [-0.1, -0.05) is 18.2 Å². The molecule has 2 aliphatic heterocycles. The van der Waals surface area contributed by atoms with E-state index in [0.29, 0.717) is 0 Å². The molecule has 1 aromatic rings. The van der Waals surface area contributed by atoms with E-state index >= 15 is 0 Å². The summed E-state index contributed by atoms with van der Waals surface area (Å²) in [5.41, 5.74) is 0.395. The summed E-state index contributed by atoms with van der Waals surface area (Å²) in [4.78, 5) is 9.68. The van der Waals surface area contributed by atoms with E-state index in [0.717, 1.165) is 36.8 Å². The fourth-order valence-corrected chi connectivity index (χ4v) is 5.73. The lowest BCUT2D eigenvalue weighted by Crippen LogP contribution is -2.59. The molecule has 0 bridgehead atoms. The van der Waals surface area contributed by atoms with Gasteiger partial charge in [0.25, 0.3) is 0 Å². The highest BCUT2D eigenvalue weighted by atomic mass is 16.5. The van der Waals surface area contributed by atoms with Gasteiger partial charge in [0.2, 0.25) is 0 Å². The summed E-state index contributed by atoms with van der Waals surface area (Å²) in [5.74, 6) is 0. The zero-order chi connectivity index (χ0) is 23.9. The van der Waals surface area contributed by atoms with Gasteiger partial charge in [0.15, 0.2) is 0 Å². The molecule has 176 valence electrons. The van der Waals surface area contributed by atoms with Crippen LogP contribution in [0.1, 0.15) is 92.2 Å². The van der Waals surface area contributed by atoms with Gasteiger partial charge in [-0.25, -0.2) is 0 Å². The van der Waals surface area contributed by atoms with E-state index in [1.807, 2.05) is 86.0 Å². The van der Waals surface area contributed by atoms with Gasteiger partial charge in [-0.05, 0) is 98.3 Å². The summed E-state index contributed by atoms with van der Waals surface area (Å²) in [6, 6.07) is 8.45. The highest BCUT2D eigenvalue weighted by Crippen LogP contribution is 2.39. The number of nitrogens with zero attached hydrogens (tertiary/aromatic N) is 4. The molecule has 0 spiro atoms. The molecular weight excluding hydrogens is 400 g/mol. The number of aliphatic imine (C=N–C) groups is 2. The summed E-state index contributed by atoms with van der Waals surface area (Å²) in [7, 11) is 0. The van der Waals surface area contributed by atoms with Crippen LogP contribution >= 0.6 is 0 Å². The van der Waals surface area contributed by atoms with Crippen molar-refractivity contribution in [2.24, 2.45) is 9.98 Å². The van der Waals surface area contributed by atoms with Gasteiger partial charge >= 0.3 is 0 Å². The maximum absolute atomic E-state index is 12.6. The average molecular weight is 441 g/mol. The number of hydrogen-bond acceptors (Lipinski definition) is 4. The van der Waals surface area contributed by atoms with Crippen LogP contribution in [-0.4, -0.2) is 56.8 Å². The average Bonchev–Trinajstić information content (AvgIpc) is 2.66. The van der Waals surface area contributed by atoms with Gasteiger partial charge in [-0.15, -0.1) is 20.5 Å². The predicted molar refractivity (Wildman–Crippen MR) is 129 cm³/mol. The summed E-state index contributed by atoms with van der Waals surface area (Å²) in [5, 5.41) is 27.6. The Balaban J connectivity index is 1.70. The third kappa shape index (κ3) is 5.48. The minimum Gasteiger partial charge on any atom is -0.289 e. The molecule has 32 heavy (non-hydrogen) atoms. The van der Waals surface area contributed by atoms with Crippen molar-refractivity contribution >= 4 is 12.4 Å². The van der Waals surface area contributed by atoms with Gasteiger partial charge in [0.05, 0.1) is 12.1 Å².